The molecule has 1 fully saturated rings. The highest BCUT2D eigenvalue weighted by atomic mass is 19.1. The molecule has 0 saturated carbocycles. The first-order chi connectivity index (χ1) is 15.0. The molecule has 3 nitrogen and oxygen atoms in total. The Labute approximate surface area is 181 Å². The Morgan fingerprint density at radius 3 is 2.06 bits per heavy atom. The molecule has 1 amide bonds. The molecule has 0 radical (unpaired) electrons. The highest BCUT2D eigenvalue weighted by Crippen LogP contribution is 2.30. The predicted octanol–water partition coefficient (Wildman–Crippen LogP) is 5.13. The average Bonchev–Trinajstić information content (AvgIpc) is 2.79. The summed E-state index contributed by atoms with van der Waals surface area (Å²) in [5.74, 6) is -2.16. The molecule has 31 heavy (non-hydrogen) atoms. The van der Waals surface area contributed by atoms with Gasteiger partial charge in [-0.05, 0) is 36.6 Å². The largest absolute Gasteiger partial charge is 0.336 e. The molecule has 0 unspecified atom stereocenters. The van der Waals surface area contributed by atoms with E-state index in [2.05, 4.69) is 48.2 Å². The van der Waals surface area contributed by atoms with Crippen LogP contribution in [0.1, 0.15) is 38.7 Å². The predicted molar refractivity (Wildman–Crippen MR) is 118 cm³/mol. The number of hydrogen-bond donors (Lipinski definition) is 0. The van der Waals surface area contributed by atoms with Crippen LogP contribution in [-0.2, 0) is 0 Å². The number of amides is 1. The maximum atomic E-state index is 14.5. The first kappa shape index (κ1) is 21.2. The summed E-state index contributed by atoms with van der Waals surface area (Å²) in [6.45, 7) is 5.68. The van der Waals surface area contributed by atoms with Crippen molar-refractivity contribution in [2.24, 2.45) is 0 Å². The summed E-state index contributed by atoms with van der Waals surface area (Å²) in [6, 6.07) is 21.3. The molecule has 0 N–H and O–H groups in total. The van der Waals surface area contributed by atoms with E-state index in [1.807, 2.05) is 18.2 Å². The van der Waals surface area contributed by atoms with Crippen molar-refractivity contribution in [1.82, 2.24) is 9.80 Å². The molecule has 0 aliphatic carbocycles. The van der Waals surface area contributed by atoms with Crippen LogP contribution in [0.3, 0.4) is 0 Å². The smallest absolute Gasteiger partial charge is 0.259 e. The number of piperazine rings is 1. The van der Waals surface area contributed by atoms with E-state index >= 15 is 0 Å². The van der Waals surface area contributed by atoms with Crippen LogP contribution in [-0.4, -0.2) is 41.9 Å². The van der Waals surface area contributed by atoms with Crippen molar-refractivity contribution in [1.29, 1.82) is 0 Å². The second-order valence-corrected chi connectivity index (χ2v) is 8.11. The first-order valence-corrected chi connectivity index (χ1v) is 10.5. The van der Waals surface area contributed by atoms with Crippen molar-refractivity contribution in [2.75, 3.05) is 26.2 Å². The molecule has 1 heterocycles. The molecule has 0 bridgehead atoms. The Kier molecular flexibility index (Phi) is 6.14. The van der Waals surface area contributed by atoms with Gasteiger partial charge >= 0.3 is 0 Å². The number of aryl methyl sites for hydroxylation is 2. The Balaban J connectivity index is 1.55. The van der Waals surface area contributed by atoms with E-state index < -0.39 is 23.1 Å². The molecule has 1 aliphatic heterocycles. The van der Waals surface area contributed by atoms with Gasteiger partial charge < -0.3 is 4.90 Å². The molecule has 0 aromatic heterocycles. The van der Waals surface area contributed by atoms with Gasteiger partial charge in [0.25, 0.3) is 5.91 Å². The second kappa shape index (κ2) is 8.98. The third-order valence-corrected chi connectivity index (χ3v) is 5.97. The molecule has 4 rings (SSSR count). The Bertz CT molecular complexity index is 1060. The van der Waals surface area contributed by atoms with Crippen LogP contribution < -0.4 is 0 Å². The summed E-state index contributed by atoms with van der Waals surface area (Å²) in [7, 11) is 0. The molecule has 160 valence electrons. The third kappa shape index (κ3) is 4.37. The zero-order chi connectivity index (χ0) is 22.0. The fourth-order valence-corrected chi connectivity index (χ4v) is 4.19. The van der Waals surface area contributed by atoms with Crippen LogP contribution in [0.25, 0.3) is 0 Å². The van der Waals surface area contributed by atoms with Gasteiger partial charge in [0.05, 0.1) is 6.04 Å². The Hall–Kier alpha value is -3.05. The summed E-state index contributed by atoms with van der Waals surface area (Å²) < 4.78 is 28.7. The van der Waals surface area contributed by atoms with Crippen LogP contribution in [0.15, 0.2) is 66.7 Å². The lowest BCUT2D eigenvalue weighted by Crippen LogP contribution is -2.50. The van der Waals surface area contributed by atoms with Gasteiger partial charge in [-0.1, -0.05) is 66.2 Å². The number of carbonyl (C=O) groups excluding carboxylic acids is 1. The molecule has 3 aromatic rings. The number of benzene rings is 3. The van der Waals surface area contributed by atoms with Crippen molar-refractivity contribution in [2.45, 2.75) is 19.9 Å². The van der Waals surface area contributed by atoms with Gasteiger partial charge in [0.1, 0.15) is 17.2 Å². The summed E-state index contributed by atoms with van der Waals surface area (Å²) >= 11 is 0. The second-order valence-electron chi connectivity index (χ2n) is 8.11. The van der Waals surface area contributed by atoms with Gasteiger partial charge in [-0.3, -0.25) is 9.69 Å². The summed E-state index contributed by atoms with van der Waals surface area (Å²) in [5, 5.41) is 0. The normalized spacial score (nSPS) is 15.7. The summed E-state index contributed by atoms with van der Waals surface area (Å²) in [4.78, 5) is 16.8. The molecule has 1 saturated heterocycles. The van der Waals surface area contributed by atoms with Gasteiger partial charge in [-0.25, -0.2) is 8.78 Å². The van der Waals surface area contributed by atoms with Crippen molar-refractivity contribution in [3.8, 4) is 0 Å². The molecule has 5 heteroatoms. The number of rotatable bonds is 4. The minimum absolute atomic E-state index is 0.0616. The fraction of sp³-hybridized carbons (Fsp3) is 0.269. The highest BCUT2D eigenvalue weighted by Gasteiger charge is 2.31. The number of nitrogens with zero attached hydrogens (tertiary/aromatic N) is 2. The first-order valence-electron chi connectivity index (χ1n) is 10.5. The molecular formula is C26H26F2N2O. The van der Waals surface area contributed by atoms with Gasteiger partial charge in [-0.15, -0.1) is 0 Å². The lowest BCUT2D eigenvalue weighted by Gasteiger charge is -2.40. The monoisotopic (exact) mass is 420 g/mol. The van der Waals surface area contributed by atoms with Gasteiger partial charge in [0, 0.05) is 26.2 Å². The number of hydrogen-bond acceptors (Lipinski definition) is 2. The maximum absolute atomic E-state index is 14.5. The standard InChI is InChI=1S/C26H26F2N2O/c1-18-8-11-21(12-9-18)25(20-6-4-3-5-7-20)29-14-16-30(17-15-29)26(31)23-22(27)13-10-19(2)24(23)28/h3-13,25H,14-17H2,1-2H3/t25-/m1/s1. The van der Waals surface area contributed by atoms with E-state index in [1.165, 1.54) is 29.7 Å². The molecule has 3 aromatic carbocycles. The van der Waals surface area contributed by atoms with Crippen molar-refractivity contribution < 1.29 is 13.6 Å². The topological polar surface area (TPSA) is 23.6 Å². The average molecular weight is 421 g/mol. The summed E-state index contributed by atoms with van der Waals surface area (Å²) in [5.41, 5.74) is 3.39. The SMILES string of the molecule is Cc1ccc([C@@H](c2ccccc2)N2CCN(C(=O)c3c(F)ccc(C)c3F)CC2)cc1. The lowest BCUT2D eigenvalue weighted by molar-refractivity contribution is 0.0588. The number of carbonyl (C=O) groups is 1. The highest BCUT2D eigenvalue weighted by molar-refractivity contribution is 5.95. The van der Waals surface area contributed by atoms with E-state index in [0.29, 0.717) is 26.2 Å². The van der Waals surface area contributed by atoms with E-state index in [9.17, 15) is 13.6 Å². The van der Waals surface area contributed by atoms with Crippen LogP contribution in [0.5, 0.6) is 0 Å². The van der Waals surface area contributed by atoms with E-state index in [0.717, 1.165) is 6.07 Å². The minimum Gasteiger partial charge on any atom is -0.336 e. The Morgan fingerprint density at radius 1 is 0.806 bits per heavy atom. The van der Waals surface area contributed by atoms with Crippen LogP contribution in [0.2, 0.25) is 0 Å². The van der Waals surface area contributed by atoms with E-state index in [1.54, 1.807) is 4.90 Å². The van der Waals surface area contributed by atoms with Crippen molar-refractivity contribution in [3.05, 3.63) is 106 Å². The van der Waals surface area contributed by atoms with Crippen LogP contribution in [0, 0.1) is 25.5 Å². The van der Waals surface area contributed by atoms with Gasteiger partial charge in [0.2, 0.25) is 0 Å². The molecule has 1 atom stereocenters. The zero-order valence-electron chi connectivity index (χ0n) is 17.8. The van der Waals surface area contributed by atoms with E-state index in [-0.39, 0.29) is 11.6 Å². The molecule has 0 spiro atoms. The van der Waals surface area contributed by atoms with Crippen LogP contribution >= 0.6 is 0 Å². The zero-order valence-corrected chi connectivity index (χ0v) is 17.8. The number of halogens is 2. The van der Waals surface area contributed by atoms with Gasteiger partial charge in [-0.2, -0.15) is 0 Å². The lowest BCUT2D eigenvalue weighted by atomic mass is 9.95. The quantitative estimate of drug-likeness (QED) is 0.584. The maximum Gasteiger partial charge on any atom is 0.259 e. The fourth-order valence-electron chi connectivity index (χ4n) is 4.19. The Morgan fingerprint density at radius 2 is 1.42 bits per heavy atom. The van der Waals surface area contributed by atoms with Gasteiger partial charge in [0.15, 0.2) is 0 Å². The molecular weight excluding hydrogens is 394 g/mol. The molecule has 1 aliphatic rings. The van der Waals surface area contributed by atoms with E-state index in [4.69, 9.17) is 0 Å². The minimum atomic E-state index is -0.808. The van der Waals surface area contributed by atoms with Crippen LogP contribution in [0.4, 0.5) is 8.78 Å². The van der Waals surface area contributed by atoms with Crippen molar-refractivity contribution >= 4 is 5.91 Å². The van der Waals surface area contributed by atoms with Crippen molar-refractivity contribution in [3.63, 3.8) is 0 Å². The summed E-state index contributed by atoms with van der Waals surface area (Å²) in [6.07, 6.45) is 0. The third-order valence-electron chi connectivity index (χ3n) is 5.97.